The van der Waals surface area contributed by atoms with Gasteiger partial charge in [-0.3, -0.25) is 0 Å². The molecule has 0 N–H and O–H groups in total. The van der Waals surface area contributed by atoms with Crippen LogP contribution >= 0.6 is 0 Å². The Labute approximate surface area is 59.7 Å². The maximum absolute atomic E-state index is 12.5. The molecule has 0 bridgehead atoms. The molecule has 0 heterocycles. The Hall–Kier alpha value is -1.29. The van der Waals surface area contributed by atoms with Crippen LogP contribution in [0.5, 0.6) is 0 Å². The molecule has 0 saturated carbocycles. The zero-order valence-corrected chi connectivity index (χ0v) is 5.69. The molecule has 1 rings (SSSR count). The number of benzene rings is 1. The number of hydrogen-bond acceptors (Lipinski definition) is 0. The highest BCUT2D eigenvalue weighted by atomic mass is 19.1. The Morgan fingerprint density at radius 2 is 2.10 bits per heavy atom. The molecule has 1 aromatic rings. The lowest BCUT2D eigenvalue weighted by molar-refractivity contribution is 0.626. The van der Waals surface area contributed by atoms with E-state index in [4.69, 9.17) is 6.42 Å². The van der Waals surface area contributed by atoms with Gasteiger partial charge in [0, 0.05) is 5.56 Å². The summed E-state index contributed by atoms with van der Waals surface area (Å²) in [7, 11) is 0. The van der Waals surface area contributed by atoms with Gasteiger partial charge in [0.05, 0.1) is 0 Å². The van der Waals surface area contributed by atoms with Gasteiger partial charge < -0.3 is 0 Å². The molecule has 0 radical (unpaired) electrons. The van der Waals surface area contributed by atoms with Gasteiger partial charge in [0.25, 0.3) is 0 Å². The molecule has 10 heavy (non-hydrogen) atoms. The Kier molecular flexibility index (Phi) is 1.73. The Balaban J connectivity index is 3.22. The van der Waals surface area contributed by atoms with E-state index in [-0.39, 0.29) is 5.82 Å². The van der Waals surface area contributed by atoms with Gasteiger partial charge in [-0.25, -0.2) is 4.39 Å². The van der Waals surface area contributed by atoms with Crippen LogP contribution in [0, 0.1) is 25.1 Å². The predicted molar refractivity (Wildman–Crippen MR) is 39.1 cm³/mol. The molecular formula is C9H7F. The smallest absolute Gasteiger partial charge is 0.124 e. The van der Waals surface area contributed by atoms with Crippen LogP contribution in [0.15, 0.2) is 18.2 Å². The second-order valence-electron chi connectivity index (χ2n) is 2.16. The van der Waals surface area contributed by atoms with Gasteiger partial charge in [0.2, 0.25) is 0 Å². The number of rotatable bonds is 0. The van der Waals surface area contributed by atoms with Gasteiger partial charge >= 0.3 is 0 Å². The van der Waals surface area contributed by atoms with Crippen LogP contribution in [0.25, 0.3) is 0 Å². The van der Waals surface area contributed by atoms with Crippen molar-refractivity contribution in [3.05, 3.63) is 35.1 Å². The van der Waals surface area contributed by atoms with Crippen LogP contribution in [-0.2, 0) is 0 Å². The van der Waals surface area contributed by atoms with Crippen molar-refractivity contribution in [3.8, 4) is 12.3 Å². The quantitative estimate of drug-likeness (QED) is 0.477. The molecule has 0 nitrogen and oxygen atoms in total. The summed E-state index contributed by atoms with van der Waals surface area (Å²) < 4.78 is 12.5. The highest BCUT2D eigenvalue weighted by Gasteiger charge is 1.92. The topological polar surface area (TPSA) is 0 Å². The zero-order valence-electron chi connectivity index (χ0n) is 5.69. The summed E-state index contributed by atoms with van der Waals surface area (Å²) in [4.78, 5) is 0. The molecule has 0 atom stereocenters. The van der Waals surface area contributed by atoms with E-state index in [1.807, 2.05) is 6.92 Å². The highest BCUT2D eigenvalue weighted by molar-refractivity contribution is 5.35. The fourth-order valence-corrected chi connectivity index (χ4v) is 0.820. The first-order chi connectivity index (χ1) is 4.72. The van der Waals surface area contributed by atoms with Crippen molar-refractivity contribution < 1.29 is 4.39 Å². The van der Waals surface area contributed by atoms with E-state index in [0.717, 1.165) is 5.56 Å². The molecule has 0 unspecified atom stereocenters. The Morgan fingerprint density at radius 1 is 1.40 bits per heavy atom. The standard InChI is InChI=1S/C9H7F/c1-3-8-4-7(2)5-9(10)6-8/h1,4-6H,2H3. The average Bonchev–Trinajstić information content (AvgIpc) is 1.85. The third-order valence-electron chi connectivity index (χ3n) is 1.21. The van der Waals surface area contributed by atoms with Crippen molar-refractivity contribution in [1.29, 1.82) is 0 Å². The maximum atomic E-state index is 12.5. The van der Waals surface area contributed by atoms with E-state index >= 15 is 0 Å². The third kappa shape index (κ3) is 1.35. The lowest BCUT2D eigenvalue weighted by atomic mass is 10.1. The molecule has 0 aliphatic rings. The van der Waals surface area contributed by atoms with Gasteiger partial charge in [-0.2, -0.15) is 0 Å². The molecule has 0 fully saturated rings. The molecule has 50 valence electrons. The summed E-state index contributed by atoms with van der Waals surface area (Å²) in [5.41, 5.74) is 1.45. The van der Waals surface area contributed by atoms with Crippen molar-refractivity contribution in [2.45, 2.75) is 6.92 Å². The number of halogens is 1. The molecule has 0 aliphatic carbocycles. The van der Waals surface area contributed by atoms with Gasteiger partial charge in [0.1, 0.15) is 5.82 Å². The zero-order chi connectivity index (χ0) is 7.56. The van der Waals surface area contributed by atoms with Crippen molar-refractivity contribution in [2.24, 2.45) is 0 Å². The van der Waals surface area contributed by atoms with Gasteiger partial charge in [-0.15, -0.1) is 6.42 Å². The van der Waals surface area contributed by atoms with E-state index in [1.54, 1.807) is 6.07 Å². The van der Waals surface area contributed by atoms with Crippen LogP contribution in [0.4, 0.5) is 4.39 Å². The van der Waals surface area contributed by atoms with Crippen molar-refractivity contribution >= 4 is 0 Å². The molecule has 0 saturated heterocycles. The molecule has 0 aromatic heterocycles. The van der Waals surface area contributed by atoms with Crippen molar-refractivity contribution in [3.63, 3.8) is 0 Å². The molecule has 0 aliphatic heterocycles. The highest BCUT2D eigenvalue weighted by Crippen LogP contribution is 2.06. The van der Waals surface area contributed by atoms with Crippen LogP contribution in [0.2, 0.25) is 0 Å². The molecule has 1 aromatic carbocycles. The van der Waals surface area contributed by atoms with Crippen LogP contribution in [0.1, 0.15) is 11.1 Å². The van der Waals surface area contributed by atoms with E-state index in [0.29, 0.717) is 5.56 Å². The second-order valence-corrected chi connectivity index (χ2v) is 2.16. The molecule has 1 heteroatoms. The normalized spacial score (nSPS) is 8.90. The molecule has 0 amide bonds. The predicted octanol–water partition coefficient (Wildman–Crippen LogP) is 2.12. The van der Waals surface area contributed by atoms with Crippen molar-refractivity contribution in [2.75, 3.05) is 0 Å². The first-order valence-electron chi connectivity index (χ1n) is 2.96. The van der Waals surface area contributed by atoms with Gasteiger partial charge in [0.15, 0.2) is 0 Å². The summed E-state index contributed by atoms with van der Waals surface area (Å²) in [6.07, 6.45) is 5.07. The van der Waals surface area contributed by atoms with E-state index in [2.05, 4.69) is 5.92 Å². The van der Waals surface area contributed by atoms with Gasteiger partial charge in [-0.05, 0) is 30.7 Å². The monoisotopic (exact) mass is 134 g/mol. The average molecular weight is 134 g/mol. The third-order valence-corrected chi connectivity index (χ3v) is 1.21. The van der Waals surface area contributed by atoms with Crippen LogP contribution in [-0.4, -0.2) is 0 Å². The first-order valence-corrected chi connectivity index (χ1v) is 2.96. The van der Waals surface area contributed by atoms with Crippen LogP contribution in [0.3, 0.4) is 0 Å². The fraction of sp³-hybridized carbons (Fsp3) is 0.111. The number of terminal acetylenes is 1. The Morgan fingerprint density at radius 3 is 2.60 bits per heavy atom. The minimum absolute atomic E-state index is 0.270. The first kappa shape index (κ1) is 6.82. The summed E-state index contributed by atoms with van der Waals surface area (Å²) in [6, 6.07) is 4.55. The minimum atomic E-state index is -0.270. The molecular weight excluding hydrogens is 127 g/mol. The number of hydrogen-bond donors (Lipinski definition) is 0. The minimum Gasteiger partial charge on any atom is -0.207 e. The largest absolute Gasteiger partial charge is 0.207 e. The lowest BCUT2D eigenvalue weighted by Gasteiger charge is -1.93. The van der Waals surface area contributed by atoms with Gasteiger partial charge in [-0.1, -0.05) is 5.92 Å². The second kappa shape index (κ2) is 2.53. The summed E-state index contributed by atoms with van der Waals surface area (Å²) >= 11 is 0. The van der Waals surface area contributed by atoms with Crippen LogP contribution < -0.4 is 0 Å². The number of aryl methyl sites for hydroxylation is 1. The molecule has 0 spiro atoms. The fourth-order valence-electron chi connectivity index (χ4n) is 0.820. The SMILES string of the molecule is C#Cc1cc(C)cc(F)c1. The van der Waals surface area contributed by atoms with E-state index in [1.165, 1.54) is 12.1 Å². The van der Waals surface area contributed by atoms with E-state index < -0.39 is 0 Å². The Bertz CT molecular complexity index is 261. The summed E-state index contributed by atoms with van der Waals surface area (Å²) in [5, 5.41) is 0. The van der Waals surface area contributed by atoms with E-state index in [9.17, 15) is 4.39 Å². The summed E-state index contributed by atoms with van der Waals surface area (Å²) in [5.74, 6) is 2.10. The lowest BCUT2D eigenvalue weighted by Crippen LogP contribution is -1.80. The van der Waals surface area contributed by atoms with Crippen molar-refractivity contribution in [1.82, 2.24) is 0 Å². The maximum Gasteiger partial charge on any atom is 0.124 e. The summed E-state index contributed by atoms with van der Waals surface area (Å²) in [6.45, 7) is 1.81.